The van der Waals surface area contributed by atoms with E-state index in [2.05, 4.69) is 5.32 Å². The molecule has 1 fully saturated rings. The number of halogens is 1. The third-order valence-corrected chi connectivity index (χ3v) is 4.83. The van der Waals surface area contributed by atoms with Crippen molar-refractivity contribution in [1.29, 1.82) is 0 Å². The van der Waals surface area contributed by atoms with E-state index in [0.717, 1.165) is 11.1 Å². The Balaban J connectivity index is 2.07. The van der Waals surface area contributed by atoms with Crippen LogP contribution < -0.4 is 10.2 Å². The third-order valence-electron chi connectivity index (χ3n) is 3.44. The van der Waals surface area contributed by atoms with Crippen LogP contribution >= 0.6 is 35.2 Å². The Morgan fingerprint density at radius 2 is 2.09 bits per heavy atom. The first-order valence-electron chi connectivity index (χ1n) is 6.68. The number of benzene rings is 1. The van der Waals surface area contributed by atoms with Crippen molar-refractivity contribution in [2.75, 3.05) is 4.90 Å². The molecule has 1 saturated heterocycles. The Kier molecular flexibility index (Phi) is 4.30. The SMILES string of the molecule is Cc1c(Cl)cccc1N1C(=O)/C(=C/c2ccsc2)C(=O)NC1=S. The van der Waals surface area contributed by atoms with E-state index in [1.165, 1.54) is 16.2 Å². The van der Waals surface area contributed by atoms with Crippen LogP contribution in [-0.4, -0.2) is 16.9 Å². The van der Waals surface area contributed by atoms with Gasteiger partial charge in [0, 0.05) is 5.02 Å². The van der Waals surface area contributed by atoms with Gasteiger partial charge >= 0.3 is 0 Å². The van der Waals surface area contributed by atoms with Crippen LogP contribution in [0.3, 0.4) is 0 Å². The highest BCUT2D eigenvalue weighted by atomic mass is 35.5. The monoisotopic (exact) mass is 362 g/mol. The van der Waals surface area contributed by atoms with E-state index in [1.807, 2.05) is 16.8 Å². The summed E-state index contributed by atoms with van der Waals surface area (Å²) in [6.07, 6.45) is 1.56. The fraction of sp³-hybridized carbons (Fsp3) is 0.0625. The predicted octanol–water partition coefficient (Wildman–Crippen LogP) is 3.54. The highest BCUT2D eigenvalue weighted by Crippen LogP contribution is 2.29. The van der Waals surface area contributed by atoms with Gasteiger partial charge in [0.15, 0.2) is 5.11 Å². The minimum absolute atomic E-state index is 0.0383. The molecular formula is C16H11ClN2O2S2. The van der Waals surface area contributed by atoms with Crippen LogP contribution in [0.1, 0.15) is 11.1 Å². The number of nitrogens with one attached hydrogen (secondary N) is 1. The van der Waals surface area contributed by atoms with E-state index in [0.29, 0.717) is 10.7 Å². The van der Waals surface area contributed by atoms with Gasteiger partial charge in [-0.05, 0) is 65.3 Å². The molecule has 1 aliphatic rings. The Labute approximate surface area is 147 Å². The zero-order valence-corrected chi connectivity index (χ0v) is 14.4. The van der Waals surface area contributed by atoms with E-state index in [9.17, 15) is 9.59 Å². The van der Waals surface area contributed by atoms with Gasteiger partial charge in [0.25, 0.3) is 11.8 Å². The molecule has 2 aromatic rings. The van der Waals surface area contributed by atoms with Gasteiger partial charge in [0.05, 0.1) is 5.69 Å². The summed E-state index contributed by atoms with van der Waals surface area (Å²) in [7, 11) is 0. The molecule has 0 saturated carbocycles. The Morgan fingerprint density at radius 1 is 1.30 bits per heavy atom. The molecule has 4 nitrogen and oxygen atoms in total. The first-order chi connectivity index (χ1) is 11.0. The van der Waals surface area contributed by atoms with Gasteiger partial charge in [0.2, 0.25) is 0 Å². The van der Waals surface area contributed by atoms with Gasteiger partial charge < -0.3 is 0 Å². The summed E-state index contributed by atoms with van der Waals surface area (Å²) in [6.45, 7) is 1.80. The Hall–Kier alpha value is -2.02. The largest absolute Gasteiger partial charge is 0.298 e. The van der Waals surface area contributed by atoms with Crippen molar-refractivity contribution in [3.8, 4) is 0 Å². The summed E-state index contributed by atoms with van der Waals surface area (Å²) in [4.78, 5) is 26.2. The van der Waals surface area contributed by atoms with Gasteiger partial charge in [-0.1, -0.05) is 17.7 Å². The Bertz CT molecular complexity index is 844. The van der Waals surface area contributed by atoms with E-state index in [-0.39, 0.29) is 10.7 Å². The molecule has 3 rings (SSSR count). The van der Waals surface area contributed by atoms with Crippen molar-refractivity contribution in [3.63, 3.8) is 0 Å². The molecule has 116 valence electrons. The lowest BCUT2D eigenvalue weighted by Crippen LogP contribution is -2.54. The fourth-order valence-electron chi connectivity index (χ4n) is 2.24. The predicted molar refractivity (Wildman–Crippen MR) is 96.7 cm³/mol. The van der Waals surface area contributed by atoms with Gasteiger partial charge in [-0.15, -0.1) is 0 Å². The van der Waals surface area contributed by atoms with Crippen molar-refractivity contribution in [2.24, 2.45) is 0 Å². The molecule has 1 aliphatic heterocycles. The summed E-state index contributed by atoms with van der Waals surface area (Å²) in [5.41, 5.74) is 2.11. The lowest BCUT2D eigenvalue weighted by atomic mass is 10.1. The first-order valence-corrected chi connectivity index (χ1v) is 8.40. The van der Waals surface area contributed by atoms with E-state index in [1.54, 1.807) is 31.2 Å². The van der Waals surface area contributed by atoms with Gasteiger partial charge in [-0.3, -0.25) is 19.8 Å². The zero-order valence-electron chi connectivity index (χ0n) is 12.0. The van der Waals surface area contributed by atoms with Crippen LogP contribution in [0.2, 0.25) is 5.02 Å². The molecule has 1 aromatic carbocycles. The molecule has 0 bridgehead atoms. The first kappa shape index (κ1) is 15.9. The number of amides is 2. The topological polar surface area (TPSA) is 49.4 Å². The van der Waals surface area contributed by atoms with Crippen molar-refractivity contribution in [1.82, 2.24) is 5.32 Å². The lowest BCUT2D eigenvalue weighted by molar-refractivity contribution is -0.122. The smallest absolute Gasteiger partial charge is 0.270 e. The number of thiocarbonyl (C=S) groups is 1. The molecule has 0 atom stereocenters. The second-order valence-corrected chi connectivity index (χ2v) is 6.47. The van der Waals surface area contributed by atoms with Crippen LogP contribution in [0, 0.1) is 6.92 Å². The maximum atomic E-state index is 12.8. The molecule has 0 aliphatic carbocycles. The molecule has 2 amide bonds. The van der Waals surface area contributed by atoms with Crippen molar-refractivity contribution >= 4 is 63.8 Å². The normalized spacial score (nSPS) is 16.9. The molecule has 1 N–H and O–H groups in total. The van der Waals surface area contributed by atoms with Crippen molar-refractivity contribution < 1.29 is 9.59 Å². The average Bonchev–Trinajstić information content (AvgIpc) is 3.01. The maximum absolute atomic E-state index is 12.8. The summed E-state index contributed by atoms with van der Waals surface area (Å²) in [6, 6.07) is 7.04. The average molecular weight is 363 g/mol. The highest BCUT2D eigenvalue weighted by molar-refractivity contribution is 7.80. The molecule has 1 aromatic heterocycles. The van der Waals surface area contributed by atoms with Gasteiger partial charge in [-0.25, -0.2) is 0 Å². The lowest BCUT2D eigenvalue weighted by Gasteiger charge is -2.30. The summed E-state index contributed by atoms with van der Waals surface area (Å²) >= 11 is 12.8. The summed E-state index contributed by atoms with van der Waals surface area (Å²) in [5.74, 6) is -0.961. The molecule has 2 heterocycles. The van der Waals surface area contributed by atoms with Crippen LogP contribution in [0.4, 0.5) is 5.69 Å². The van der Waals surface area contributed by atoms with Crippen LogP contribution in [0.15, 0.2) is 40.6 Å². The minimum Gasteiger partial charge on any atom is -0.298 e. The number of anilines is 1. The van der Waals surface area contributed by atoms with Crippen LogP contribution in [0.25, 0.3) is 6.08 Å². The number of hydrogen-bond donors (Lipinski definition) is 1. The fourth-order valence-corrected chi connectivity index (χ4v) is 3.30. The van der Waals surface area contributed by atoms with Crippen molar-refractivity contribution in [2.45, 2.75) is 6.92 Å². The Morgan fingerprint density at radius 3 is 2.78 bits per heavy atom. The molecule has 0 unspecified atom stereocenters. The highest BCUT2D eigenvalue weighted by Gasteiger charge is 2.35. The summed E-state index contributed by atoms with van der Waals surface area (Å²) in [5, 5.41) is 6.87. The second-order valence-electron chi connectivity index (χ2n) is 4.90. The molecule has 7 heteroatoms. The number of hydrogen-bond acceptors (Lipinski definition) is 4. The van der Waals surface area contributed by atoms with Crippen LogP contribution in [-0.2, 0) is 9.59 Å². The van der Waals surface area contributed by atoms with E-state index < -0.39 is 11.8 Å². The number of rotatable bonds is 2. The number of nitrogens with zero attached hydrogens (tertiary/aromatic N) is 1. The summed E-state index contributed by atoms with van der Waals surface area (Å²) < 4.78 is 0. The number of carbonyl (C=O) groups excluding carboxylic acids is 2. The number of thiophene rings is 1. The zero-order chi connectivity index (χ0) is 16.6. The minimum atomic E-state index is -0.498. The van der Waals surface area contributed by atoms with Gasteiger partial charge in [-0.2, -0.15) is 11.3 Å². The molecular weight excluding hydrogens is 352 g/mol. The molecule has 0 radical (unpaired) electrons. The van der Waals surface area contributed by atoms with E-state index >= 15 is 0 Å². The molecule has 23 heavy (non-hydrogen) atoms. The molecule has 0 spiro atoms. The van der Waals surface area contributed by atoms with E-state index in [4.69, 9.17) is 23.8 Å². The second kappa shape index (κ2) is 6.23. The van der Waals surface area contributed by atoms with Crippen molar-refractivity contribution in [3.05, 3.63) is 56.7 Å². The van der Waals surface area contributed by atoms with Gasteiger partial charge in [0.1, 0.15) is 5.57 Å². The van der Waals surface area contributed by atoms with Crippen LogP contribution in [0.5, 0.6) is 0 Å². The standard InChI is InChI=1S/C16H11ClN2O2S2/c1-9-12(17)3-2-4-13(9)19-15(21)11(14(20)18-16(19)22)7-10-5-6-23-8-10/h2-8H,1H3,(H,18,20,22)/b11-7+. The number of carbonyl (C=O) groups is 2. The quantitative estimate of drug-likeness (QED) is 0.505. The maximum Gasteiger partial charge on any atom is 0.270 e. The third kappa shape index (κ3) is 2.93.